The molecular formula is C35H44N8O6. The summed E-state index contributed by atoms with van der Waals surface area (Å²) < 4.78 is 16.9. The number of anilines is 4. The Morgan fingerprint density at radius 3 is 2.41 bits per heavy atom. The first-order chi connectivity index (χ1) is 23.3. The third kappa shape index (κ3) is 10.7. The lowest BCUT2D eigenvalue weighted by Crippen LogP contribution is -2.28. The Kier molecular flexibility index (Phi) is 12.2. The van der Waals surface area contributed by atoms with E-state index < -0.39 is 11.6 Å². The Hall–Kier alpha value is -5.59. The molecule has 4 rings (SSSR count). The molecule has 0 radical (unpaired) electrons. The third-order valence-electron chi connectivity index (χ3n) is 7.31. The molecule has 0 spiro atoms. The minimum atomic E-state index is -0.634. The van der Waals surface area contributed by atoms with E-state index in [1.165, 1.54) is 6.33 Å². The number of urea groups is 1. The number of carbonyl (C=O) groups excluding carboxylic acids is 3. The van der Waals surface area contributed by atoms with Gasteiger partial charge in [0.05, 0.1) is 18.2 Å². The van der Waals surface area contributed by atoms with Crippen molar-refractivity contribution in [3.63, 3.8) is 0 Å². The second-order valence-corrected chi connectivity index (χ2v) is 12.5. The first-order valence-corrected chi connectivity index (χ1v) is 15.7. The van der Waals surface area contributed by atoms with Crippen LogP contribution in [0.4, 0.5) is 27.7 Å². The van der Waals surface area contributed by atoms with Gasteiger partial charge in [-0.1, -0.05) is 0 Å². The molecule has 4 aromatic rings. The van der Waals surface area contributed by atoms with E-state index >= 15 is 0 Å². The lowest BCUT2D eigenvalue weighted by atomic mass is 10.2. The quantitative estimate of drug-likeness (QED) is 0.0929. The average molecular weight is 673 g/mol. The molecule has 2 heterocycles. The average Bonchev–Trinajstić information content (AvgIpc) is 3.47. The predicted octanol–water partition coefficient (Wildman–Crippen LogP) is 5.56. The van der Waals surface area contributed by atoms with Crippen molar-refractivity contribution >= 4 is 51.8 Å². The molecule has 3 amide bonds. The Bertz CT molecular complexity index is 1790. The van der Waals surface area contributed by atoms with Gasteiger partial charge in [0.25, 0.3) is 0 Å². The highest BCUT2D eigenvalue weighted by molar-refractivity contribution is 6.01. The summed E-state index contributed by atoms with van der Waals surface area (Å²) in [7, 11) is 5.39. The highest BCUT2D eigenvalue weighted by atomic mass is 16.5. The van der Waals surface area contributed by atoms with E-state index in [1.807, 2.05) is 34.0 Å². The summed E-state index contributed by atoms with van der Waals surface area (Å²) in [6.45, 7) is 8.88. The highest BCUT2D eigenvalue weighted by Gasteiger charge is 2.18. The van der Waals surface area contributed by atoms with Crippen LogP contribution in [-0.2, 0) is 20.9 Å². The van der Waals surface area contributed by atoms with E-state index in [1.54, 1.807) is 74.4 Å². The van der Waals surface area contributed by atoms with Crippen molar-refractivity contribution in [3.05, 3.63) is 66.3 Å². The summed E-state index contributed by atoms with van der Waals surface area (Å²) in [5, 5.41) is 9.78. The maximum atomic E-state index is 13.0. The maximum absolute atomic E-state index is 13.0. The summed E-state index contributed by atoms with van der Waals surface area (Å²) in [6, 6.07) is 11.6. The van der Waals surface area contributed by atoms with Crippen LogP contribution < -0.4 is 25.4 Å². The van der Waals surface area contributed by atoms with Gasteiger partial charge >= 0.3 is 6.03 Å². The Labute approximate surface area is 285 Å². The summed E-state index contributed by atoms with van der Waals surface area (Å²) in [6.07, 6.45) is 4.21. The molecular weight excluding hydrogens is 628 g/mol. The lowest BCUT2D eigenvalue weighted by Gasteiger charge is -2.22. The molecule has 4 N–H and O–H groups in total. The first-order valence-electron chi connectivity index (χ1n) is 15.7. The summed E-state index contributed by atoms with van der Waals surface area (Å²) >= 11 is 0. The SMILES string of the molecule is COc1ccc(NC(=O)Nc2ccc(Nc3ncnc4[nH]cc(CN(C)CCCN(C)C(C)=O)c34)cc2OCC(=C=O)OC(C)(C)C)cc1. The van der Waals surface area contributed by atoms with Crippen LogP contribution in [0.2, 0.25) is 0 Å². The Balaban J connectivity index is 1.55. The van der Waals surface area contributed by atoms with Crippen molar-refractivity contribution in [2.24, 2.45) is 0 Å². The van der Waals surface area contributed by atoms with Crippen LogP contribution in [0, 0.1) is 0 Å². The van der Waals surface area contributed by atoms with E-state index in [9.17, 15) is 14.4 Å². The van der Waals surface area contributed by atoms with Crippen molar-refractivity contribution in [1.82, 2.24) is 24.8 Å². The molecule has 0 atom stereocenters. The van der Waals surface area contributed by atoms with Crippen molar-refractivity contribution in [2.75, 3.05) is 56.9 Å². The molecule has 2 aromatic heterocycles. The van der Waals surface area contributed by atoms with E-state index in [-0.39, 0.29) is 24.0 Å². The van der Waals surface area contributed by atoms with Crippen LogP contribution in [0.15, 0.2) is 60.7 Å². The molecule has 0 bridgehead atoms. The number of aromatic nitrogens is 3. The number of benzene rings is 2. The molecule has 0 aliphatic rings. The zero-order valence-electron chi connectivity index (χ0n) is 29.0. The van der Waals surface area contributed by atoms with Gasteiger partial charge in [-0.2, -0.15) is 0 Å². The van der Waals surface area contributed by atoms with Crippen molar-refractivity contribution in [2.45, 2.75) is 46.3 Å². The minimum Gasteiger partial charge on any atom is -0.497 e. The predicted molar refractivity (Wildman–Crippen MR) is 189 cm³/mol. The van der Waals surface area contributed by atoms with Crippen molar-refractivity contribution < 1.29 is 28.6 Å². The van der Waals surface area contributed by atoms with Gasteiger partial charge in [-0.05, 0) is 82.7 Å². The first kappa shape index (κ1) is 36.2. The number of fused-ring (bicyclic) bond motifs is 1. The standard InChI is InChI=1S/C35H44N8O6/c1-23(45)43(6)16-8-15-42(5)19-24-18-36-32-31(24)33(38-22-37-32)39-26-11-14-29(30(17-26)48-21-28(20-44)49-35(2,3)4)41-34(46)40-25-9-12-27(47-7)13-10-25/h9-14,17-18,22H,8,15-16,19,21H2,1-7H3,(H2,40,41,46)(H2,36,37,38,39). The van der Waals surface area contributed by atoms with Gasteiger partial charge in [-0.25, -0.2) is 19.6 Å². The maximum Gasteiger partial charge on any atom is 0.323 e. The smallest absolute Gasteiger partial charge is 0.323 e. The van der Waals surface area contributed by atoms with Crippen LogP contribution in [0.5, 0.6) is 11.5 Å². The van der Waals surface area contributed by atoms with E-state index in [2.05, 4.69) is 35.8 Å². The van der Waals surface area contributed by atoms with Gasteiger partial charge in [0, 0.05) is 50.7 Å². The minimum absolute atomic E-state index is 0.0222. The van der Waals surface area contributed by atoms with E-state index in [4.69, 9.17) is 14.2 Å². The number of nitrogens with one attached hydrogen (secondary N) is 4. The molecule has 49 heavy (non-hydrogen) atoms. The fraction of sp³-hybridized carbons (Fsp3) is 0.371. The Morgan fingerprint density at radius 1 is 1.00 bits per heavy atom. The molecule has 0 fully saturated rings. The van der Waals surface area contributed by atoms with Crippen LogP contribution in [0.3, 0.4) is 0 Å². The highest BCUT2D eigenvalue weighted by Crippen LogP contribution is 2.33. The van der Waals surface area contributed by atoms with Crippen molar-refractivity contribution in [3.8, 4) is 11.5 Å². The van der Waals surface area contributed by atoms with Crippen LogP contribution in [0.1, 0.15) is 39.7 Å². The van der Waals surface area contributed by atoms with Gasteiger partial charge in [-0.15, -0.1) is 0 Å². The van der Waals surface area contributed by atoms with Gasteiger partial charge in [-0.3, -0.25) is 4.79 Å². The second kappa shape index (κ2) is 16.5. The fourth-order valence-electron chi connectivity index (χ4n) is 4.86. The van der Waals surface area contributed by atoms with Crippen LogP contribution >= 0.6 is 0 Å². The number of methoxy groups -OCH3 is 1. The third-order valence-corrected chi connectivity index (χ3v) is 7.31. The summed E-state index contributed by atoms with van der Waals surface area (Å²) in [4.78, 5) is 52.2. The van der Waals surface area contributed by atoms with Gasteiger partial charge < -0.3 is 44.9 Å². The Morgan fingerprint density at radius 2 is 1.73 bits per heavy atom. The topological polar surface area (TPSA) is 163 Å². The number of ether oxygens (including phenoxy) is 3. The van der Waals surface area contributed by atoms with Gasteiger partial charge in [0.1, 0.15) is 34.9 Å². The van der Waals surface area contributed by atoms with Crippen molar-refractivity contribution in [1.29, 1.82) is 0 Å². The van der Waals surface area contributed by atoms with Crippen LogP contribution in [0.25, 0.3) is 11.0 Å². The number of aromatic amines is 1. The summed E-state index contributed by atoms with van der Waals surface area (Å²) in [5.41, 5.74) is 2.55. The molecule has 0 saturated carbocycles. The number of carbonyl (C=O) groups is 2. The number of H-pyrrole nitrogens is 1. The largest absolute Gasteiger partial charge is 0.497 e. The van der Waals surface area contributed by atoms with Gasteiger partial charge in [0.15, 0.2) is 12.5 Å². The molecule has 2 aromatic carbocycles. The van der Waals surface area contributed by atoms with Crippen LogP contribution in [-0.4, -0.2) is 89.1 Å². The summed E-state index contributed by atoms with van der Waals surface area (Å²) in [5.74, 6) is 3.32. The zero-order valence-corrected chi connectivity index (χ0v) is 29.0. The molecule has 14 heteroatoms. The molecule has 260 valence electrons. The zero-order chi connectivity index (χ0) is 35.6. The molecule has 0 unspecified atom stereocenters. The molecule has 0 saturated heterocycles. The fourth-order valence-corrected chi connectivity index (χ4v) is 4.86. The monoisotopic (exact) mass is 672 g/mol. The lowest BCUT2D eigenvalue weighted by molar-refractivity contribution is -0.127. The number of amides is 3. The molecule has 0 aliphatic heterocycles. The molecule has 14 nitrogen and oxygen atoms in total. The van der Waals surface area contributed by atoms with E-state index in [0.717, 1.165) is 23.9 Å². The molecule has 0 aliphatic carbocycles. The second-order valence-electron chi connectivity index (χ2n) is 12.5. The number of hydrogen-bond donors (Lipinski definition) is 4. The normalized spacial score (nSPS) is 11.1. The number of rotatable bonds is 15. The number of nitrogens with zero attached hydrogens (tertiary/aromatic N) is 4. The van der Waals surface area contributed by atoms with Gasteiger partial charge in [0.2, 0.25) is 11.7 Å². The number of hydrogen-bond acceptors (Lipinski definition) is 10. The van der Waals surface area contributed by atoms with E-state index in [0.29, 0.717) is 47.4 Å².